The zero-order valence-electron chi connectivity index (χ0n) is 18.1. The summed E-state index contributed by atoms with van der Waals surface area (Å²) < 4.78 is 0. The molecule has 1 saturated heterocycles. The van der Waals surface area contributed by atoms with Crippen molar-refractivity contribution in [3.63, 3.8) is 0 Å². The van der Waals surface area contributed by atoms with Crippen molar-refractivity contribution in [1.82, 2.24) is 15.5 Å². The Morgan fingerprint density at radius 3 is 2.66 bits per heavy atom. The maximum absolute atomic E-state index is 11.2. The standard InChI is InChI=1S/C21H37N5OS.HI/c1-4-23-21(25-16(2)15-19-8-7-17(3)28-19)24-11-5-6-12-26-13-9-18(10-14-26)20(22)27;/h7-8,16,18H,4-6,9-15H2,1-3H3,(H2,22,27)(H2,23,24,25);1H. The first-order valence-corrected chi connectivity index (χ1v) is 11.4. The summed E-state index contributed by atoms with van der Waals surface area (Å²) in [4.78, 5) is 21.2. The number of amides is 1. The van der Waals surface area contributed by atoms with Gasteiger partial charge in [0.25, 0.3) is 0 Å². The molecular weight excluding hydrogens is 497 g/mol. The topological polar surface area (TPSA) is 82.8 Å². The minimum absolute atomic E-state index is 0. The van der Waals surface area contributed by atoms with Crippen LogP contribution in [-0.2, 0) is 11.2 Å². The van der Waals surface area contributed by atoms with Gasteiger partial charge in [-0.25, -0.2) is 0 Å². The van der Waals surface area contributed by atoms with Crippen LogP contribution in [0.2, 0.25) is 0 Å². The highest BCUT2D eigenvalue weighted by molar-refractivity contribution is 14.0. The third-order valence-electron chi connectivity index (χ3n) is 5.17. The lowest BCUT2D eigenvalue weighted by Gasteiger charge is -2.30. The number of hydrogen-bond donors (Lipinski definition) is 3. The lowest BCUT2D eigenvalue weighted by atomic mass is 9.96. The van der Waals surface area contributed by atoms with Crippen molar-refractivity contribution in [3.05, 3.63) is 21.9 Å². The monoisotopic (exact) mass is 535 g/mol. The van der Waals surface area contributed by atoms with Crippen molar-refractivity contribution >= 4 is 47.2 Å². The van der Waals surface area contributed by atoms with Gasteiger partial charge in [0, 0.05) is 41.2 Å². The predicted octanol–water partition coefficient (Wildman–Crippen LogP) is 3.14. The highest BCUT2D eigenvalue weighted by atomic mass is 127. The average Bonchev–Trinajstić information content (AvgIpc) is 3.06. The van der Waals surface area contributed by atoms with Crippen molar-refractivity contribution in [2.45, 2.75) is 58.9 Å². The van der Waals surface area contributed by atoms with Gasteiger partial charge in [-0.3, -0.25) is 9.79 Å². The van der Waals surface area contributed by atoms with Gasteiger partial charge in [-0.15, -0.1) is 35.3 Å². The molecule has 0 bridgehead atoms. The van der Waals surface area contributed by atoms with E-state index in [-0.39, 0.29) is 35.8 Å². The number of unbranched alkanes of at least 4 members (excludes halogenated alkanes) is 1. The van der Waals surface area contributed by atoms with Crippen LogP contribution in [0.15, 0.2) is 17.1 Å². The van der Waals surface area contributed by atoms with Crippen molar-refractivity contribution in [1.29, 1.82) is 0 Å². The van der Waals surface area contributed by atoms with E-state index in [1.54, 1.807) is 0 Å². The molecule has 0 aromatic carbocycles. The molecule has 0 radical (unpaired) electrons. The van der Waals surface area contributed by atoms with Crippen LogP contribution in [0, 0.1) is 12.8 Å². The van der Waals surface area contributed by atoms with E-state index in [4.69, 9.17) is 10.7 Å². The number of rotatable bonds is 10. The number of piperidine rings is 1. The summed E-state index contributed by atoms with van der Waals surface area (Å²) in [6.07, 6.45) is 5.04. The number of halogens is 1. The largest absolute Gasteiger partial charge is 0.369 e. The molecule has 29 heavy (non-hydrogen) atoms. The molecule has 1 fully saturated rings. The van der Waals surface area contributed by atoms with Crippen molar-refractivity contribution < 1.29 is 4.79 Å². The molecule has 1 amide bonds. The number of likely N-dealkylation sites (tertiary alicyclic amines) is 1. The summed E-state index contributed by atoms with van der Waals surface area (Å²) in [7, 11) is 0. The van der Waals surface area contributed by atoms with Crippen LogP contribution in [0.25, 0.3) is 0 Å². The molecule has 6 nitrogen and oxygen atoms in total. The summed E-state index contributed by atoms with van der Waals surface area (Å²) >= 11 is 1.87. The second kappa shape index (κ2) is 14.2. The van der Waals surface area contributed by atoms with E-state index < -0.39 is 0 Å². The molecule has 1 atom stereocenters. The predicted molar refractivity (Wildman–Crippen MR) is 134 cm³/mol. The Hall–Kier alpha value is -0.870. The van der Waals surface area contributed by atoms with Crippen LogP contribution >= 0.6 is 35.3 Å². The lowest BCUT2D eigenvalue weighted by Crippen LogP contribution is -2.43. The second-order valence-corrected chi connectivity index (χ2v) is 9.12. The molecule has 0 aliphatic carbocycles. The number of thiophene rings is 1. The summed E-state index contributed by atoms with van der Waals surface area (Å²) in [5, 5.41) is 6.87. The van der Waals surface area contributed by atoms with Crippen LogP contribution in [0.5, 0.6) is 0 Å². The van der Waals surface area contributed by atoms with Gasteiger partial charge < -0.3 is 21.3 Å². The molecule has 1 aliphatic rings. The molecule has 166 valence electrons. The summed E-state index contributed by atoms with van der Waals surface area (Å²) in [5.74, 6) is 0.848. The molecule has 1 aromatic heterocycles. The highest BCUT2D eigenvalue weighted by Gasteiger charge is 2.22. The van der Waals surface area contributed by atoms with E-state index >= 15 is 0 Å². The fraction of sp³-hybridized carbons (Fsp3) is 0.714. The van der Waals surface area contributed by atoms with Gasteiger partial charge >= 0.3 is 0 Å². The highest BCUT2D eigenvalue weighted by Crippen LogP contribution is 2.17. The molecule has 4 N–H and O–H groups in total. The number of primary amides is 1. The Balaban J connectivity index is 0.00000420. The van der Waals surface area contributed by atoms with Gasteiger partial charge in [-0.1, -0.05) is 0 Å². The smallest absolute Gasteiger partial charge is 0.220 e. The van der Waals surface area contributed by atoms with Gasteiger partial charge in [0.1, 0.15) is 0 Å². The number of nitrogens with zero attached hydrogens (tertiary/aromatic N) is 2. The van der Waals surface area contributed by atoms with Crippen LogP contribution in [-0.4, -0.2) is 55.5 Å². The van der Waals surface area contributed by atoms with E-state index in [0.29, 0.717) is 6.04 Å². The Bertz CT molecular complexity index is 628. The SMILES string of the molecule is CCNC(=NCCCCN1CCC(C(N)=O)CC1)NC(C)Cc1ccc(C)s1.I. The minimum Gasteiger partial charge on any atom is -0.369 e. The van der Waals surface area contributed by atoms with E-state index in [1.807, 2.05) is 11.3 Å². The van der Waals surface area contributed by atoms with Crippen LogP contribution in [0.3, 0.4) is 0 Å². The number of aliphatic imine (C=N–C) groups is 1. The molecule has 2 rings (SSSR count). The lowest BCUT2D eigenvalue weighted by molar-refractivity contribution is -0.123. The summed E-state index contributed by atoms with van der Waals surface area (Å²) in [6, 6.07) is 4.75. The number of nitrogens with two attached hydrogens (primary N) is 1. The van der Waals surface area contributed by atoms with Gasteiger partial charge in [-0.05, 0) is 78.2 Å². The van der Waals surface area contributed by atoms with E-state index in [0.717, 1.165) is 70.8 Å². The third-order valence-corrected chi connectivity index (χ3v) is 6.20. The maximum Gasteiger partial charge on any atom is 0.220 e. The number of carbonyl (C=O) groups is 1. The Labute approximate surface area is 197 Å². The zero-order valence-corrected chi connectivity index (χ0v) is 21.2. The molecular formula is C21H38IN5OS. The molecule has 0 saturated carbocycles. The number of nitrogens with one attached hydrogen (secondary N) is 2. The van der Waals surface area contributed by atoms with Gasteiger partial charge in [0.05, 0.1) is 0 Å². The molecule has 2 heterocycles. The Morgan fingerprint density at radius 2 is 2.07 bits per heavy atom. The summed E-state index contributed by atoms with van der Waals surface area (Å²) in [6.45, 7) is 11.2. The van der Waals surface area contributed by atoms with Gasteiger partial charge in [-0.2, -0.15) is 0 Å². The van der Waals surface area contributed by atoms with Crippen LogP contribution < -0.4 is 16.4 Å². The zero-order chi connectivity index (χ0) is 20.4. The number of carbonyl (C=O) groups excluding carboxylic acids is 1. The average molecular weight is 536 g/mol. The van der Waals surface area contributed by atoms with Crippen molar-refractivity contribution in [3.8, 4) is 0 Å². The van der Waals surface area contributed by atoms with Crippen LogP contribution in [0.4, 0.5) is 0 Å². The van der Waals surface area contributed by atoms with E-state index in [2.05, 4.69) is 48.4 Å². The normalized spacial score (nSPS) is 16.9. The molecule has 1 unspecified atom stereocenters. The molecule has 8 heteroatoms. The quantitative estimate of drug-likeness (QED) is 0.186. The van der Waals surface area contributed by atoms with Crippen molar-refractivity contribution in [2.75, 3.05) is 32.7 Å². The summed E-state index contributed by atoms with van der Waals surface area (Å²) in [5.41, 5.74) is 5.40. The Morgan fingerprint density at radius 1 is 1.34 bits per heavy atom. The fourth-order valence-electron chi connectivity index (χ4n) is 3.58. The van der Waals surface area contributed by atoms with Gasteiger partial charge in [0.15, 0.2) is 5.96 Å². The fourth-order valence-corrected chi connectivity index (χ4v) is 4.60. The number of guanidine groups is 1. The maximum atomic E-state index is 11.2. The van der Waals surface area contributed by atoms with E-state index in [1.165, 1.54) is 9.75 Å². The third kappa shape index (κ3) is 10.1. The van der Waals surface area contributed by atoms with Crippen molar-refractivity contribution in [2.24, 2.45) is 16.6 Å². The van der Waals surface area contributed by atoms with Gasteiger partial charge in [0.2, 0.25) is 5.91 Å². The number of aryl methyl sites for hydroxylation is 1. The first-order valence-electron chi connectivity index (χ1n) is 10.6. The Kier molecular flexibility index (Phi) is 12.8. The van der Waals surface area contributed by atoms with E-state index in [9.17, 15) is 4.79 Å². The molecule has 1 aliphatic heterocycles. The molecule has 1 aromatic rings. The minimum atomic E-state index is -0.138. The number of hydrogen-bond acceptors (Lipinski definition) is 4. The molecule has 0 spiro atoms. The first kappa shape index (κ1) is 26.2. The second-order valence-electron chi connectivity index (χ2n) is 7.75. The van der Waals surface area contributed by atoms with Crippen LogP contribution in [0.1, 0.15) is 49.3 Å². The first-order chi connectivity index (χ1) is 13.5.